The number of rotatable bonds is 7. The van der Waals surface area contributed by atoms with E-state index in [1.807, 2.05) is 0 Å². The first-order valence-corrected chi connectivity index (χ1v) is 17.3. The molecular formula is C31H46O6Si. The molecule has 1 aromatic carbocycles. The van der Waals surface area contributed by atoms with Crippen LogP contribution in [-0.2, 0) is 30.3 Å². The number of Topliss-reactive ketones (excluding diaryl/α,β-unsaturated/α-hetero) is 1. The first-order chi connectivity index (χ1) is 17.7. The molecule has 0 unspecified atom stereocenters. The fourth-order valence-electron chi connectivity index (χ4n) is 7.20. The second kappa shape index (κ2) is 10.4. The van der Waals surface area contributed by atoms with Crippen LogP contribution in [0.2, 0.25) is 18.1 Å². The van der Waals surface area contributed by atoms with Gasteiger partial charge in [0.1, 0.15) is 11.5 Å². The summed E-state index contributed by atoms with van der Waals surface area (Å²) >= 11 is 0. The summed E-state index contributed by atoms with van der Waals surface area (Å²) in [6, 6.07) is 6.44. The van der Waals surface area contributed by atoms with Gasteiger partial charge in [0.25, 0.3) is 0 Å². The van der Waals surface area contributed by atoms with Crippen molar-refractivity contribution in [2.24, 2.45) is 29.1 Å². The van der Waals surface area contributed by atoms with Crippen LogP contribution in [0.3, 0.4) is 0 Å². The Morgan fingerprint density at radius 1 is 1.08 bits per heavy atom. The quantitative estimate of drug-likeness (QED) is 0.223. The number of ether oxygens (including phenoxy) is 2. The minimum absolute atomic E-state index is 0.0404. The van der Waals surface area contributed by atoms with E-state index >= 15 is 0 Å². The SMILES string of the molecule is CCOC(=O)C(C(=O)OCC)[C@@H]1Cc2cc(O[Si](C)(C)C(C)(C)C)ccc2[C@H]2CC[C@]3(C)C(=O)CC[C@H]3[C@@H]21. The molecule has 6 nitrogen and oxygen atoms in total. The van der Waals surface area contributed by atoms with Crippen LogP contribution in [-0.4, -0.2) is 39.3 Å². The van der Waals surface area contributed by atoms with E-state index in [0.29, 0.717) is 18.6 Å². The molecule has 2 saturated carbocycles. The lowest BCUT2D eigenvalue weighted by Crippen LogP contribution is -2.51. The molecule has 38 heavy (non-hydrogen) atoms. The number of carbonyl (C=O) groups is 3. The van der Waals surface area contributed by atoms with Gasteiger partial charge in [-0.15, -0.1) is 0 Å². The Hall–Kier alpha value is -2.15. The molecule has 4 rings (SSSR count). The lowest BCUT2D eigenvalue weighted by molar-refractivity contribution is -0.167. The number of hydrogen-bond donors (Lipinski definition) is 0. The minimum atomic E-state index is -2.04. The van der Waals surface area contributed by atoms with E-state index in [-0.39, 0.29) is 41.9 Å². The van der Waals surface area contributed by atoms with Crippen LogP contribution in [0.25, 0.3) is 0 Å². The normalized spacial score (nSPS) is 28.8. The Bertz CT molecular complexity index is 1070. The fourth-order valence-corrected chi connectivity index (χ4v) is 8.22. The molecule has 0 saturated heterocycles. The predicted molar refractivity (Wildman–Crippen MR) is 150 cm³/mol. The predicted octanol–water partition coefficient (Wildman–Crippen LogP) is 6.46. The number of fused-ring (bicyclic) bond motifs is 5. The van der Waals surface area contributed by atoms with E-state index in [1.165, 1.54) is 5.56 Å². The number of hydrogen-bond acceptors (Lipinski definition) is 6. The Balaban J connectivity index is 1.80. The van der Waals surface area contributed by atoms with Crippen LogP contribution in [0.1, 0.15) is 84.3 Å². The Labute approximate surface area is 229 Å². The molecule has 3 aliphatic carbocycles. The molecule has 210 valence electrons. The summed E-state index contributed by atoms with van der Waals surface area (Å²) in [5.74, 6) is -0.767. The van der Waals surface area contributed by atoms with Crippen molar-refractivity contribution in [1.29, 1.82) is 0 Å². The smallest absolute Gasteiger partial charge is 0.320 e. The van der Waals surface area contributed by atoms with Gasteiger partial charge in [0.15, 0.2) is 5.92 Å². The van der Waals surface area contributed by atoms with Crippen molar-refractivity contribution in [3.8, 4) is 5.75 Å². The summed E-state index contributed by atoms with van der Waals surface area (Å²) in [6.45, 7) is 17.2. The van der Waals surface area contributed by atoms with Crippen LogP contribution in [0, 0.1) is 29.1 Å². The van der Waals surface area contributed by atoms with Gasteiger partial charge in [-0.2, -0.15) is 0 Å². The maximum Gasteiger partial charge on any atom is 0.320 e. The Morgan fingerprint density at radius 2 is 1.71 bits per heavy atom. The number of carbonyl (C=O) groups excluding carboxylic acids is 3. The van der Waals surface area contributed by atoms with E-state index in [4.69, 9.17) is 13.9 Å². The van der Waals surface area contributed by atoms with E-state index in [2.05, 4.69) is 59.0 Å². The maximum absolute atomic E-state index is 13.3. The molecule has 0 aromatic heterocycles. The van der Waals surface area contributed by atoms with Gasteiger partial charge in [0.2, 0.25) is 8.32 Å². The molecule has 2 fully saturated rings. The topological polar surface area (TPSA) is 78.9 Å². The second-order valence-electron chi connectivity index (χ2n) is 13.3. The number of esters is 2. The minimum Gasteiger partial charge on any atom is -0.543 e. The van der Waals surface area contributed by atoms with Gasteiger partial charge in [0, 0.05) is 11.8 Å². The Morgan fingerprint density at radius 3 is 2.29 bits per heavy atom. The largest absolute Gasteiger partial charge is 0.543 e. The third-order valence-corrected chi connectivity index (χ3v) is 14.6. The molecule has 5 atom stereocenters. The standard InChI is InChI=1S/C31H46O6Si/c1-9-35-28(33)27(29(34)36-10-2)23-18-19-17-20(37-38(7,8)30(3,4)5)11-12-21(19)22-15-16-31(6)24(26(22)23)13-14-25(31)32/h11-12,17,22-24,26-27H,9-10,13-16,18H2,1-8H3/t22-,23-,24+,26+,31+/m1/s1. The molecule has 0 radical (unpaired) electrons. The van der Waals surface area contributed by atoms with Crippen LogP contribution < -0.4 is 4.43 Å². The summed E-state index contributed by atoms with van der Waals surface area (Å²) in [6.07, 6.45) is 3.66. The fraction of sp³-hybridized carbons (Fsp3) is 0.710. The van der Waals surface area contributed by atoms with Gasteiger partial charge in [0.05, 0.1) is 13.2 Å². The summed E-state index contributed by atoms with van der Waals surface area (Å²) < 4.78 is 17.5. The maximum atomic E-state index is 13.3. The molecule has 1 aromatic rings. The van der Waals surface area contributed by atoms with E-state index in [9.17, 15) is 14.4 Å². The molecular weight excluding hydrogens is 496 g/mol. The average molecular weight is 543 g/mol. The summed E-state index contributed by atoms with van der Waals surface area (Å²) in [5.41, 5.74) is 2.02. The zero-order chi connectivity index (χ0) is 28.0. The van der Waals surface area contributed by atoms with Crippen LogP contribution in [0.5, 0.6) is 5.75 Å². The zero-order valence-electron chi connectivity index (χ0n) is 24.5. The first kappa shape index (κ1) is 28.8. The van der Waals surface area contributed by atoms with Gasteiger partial charge in [-0.05, 0) is 105 Å². The molecule has 3 aliphatic rings. The third kappa shape index (κ3) is 4.96. The molecule has 0 heterocycles. The highest BCUT2D eigenvalue weighted by molar-refractivity contribution is 6.74. The molecule has 7 heteroatoms. The molecule has 0 spiro atoms. The van der Waals surface area contributed by atoms with Gasteiger partial charge in [-0.25, -0.2) is 0 Å². The second-order valence-corrected chi connectivity index (χ2v) is 18.0. The summed E-state index contributed by atoms with van der Waals surface area (Å²) in [7, 11) is -2.04. The van der Waals surface area contributed by atoms with Crippen molar-refractivity contribution in [2.75, 3.05) is 13.2 Å². The highest BCUT2D eigenvalue weighted by Gasteiger charge is 2.59. The van der Waals surface area contributed by atoms with Crippen LogP contribution >= 0.6 is 0 Å². The van der Waals surface area contributed by atoms with Crippen molar-refractivity contribution in [2.45, 2.75) is 97.7 Å². The van der Waals surface area contributed by atoms with E-state index in [1.54, 1.807) is 13.8 Å². The molecule has 0 bridgehead atoms. The van der Waals surface area contributed by atoms with Gasteiger partial charge >= 0.3 is 11.9 Å². The highest BCUT2D eigenvalue weighted by atomic mass is 28.4. The van der Waals surface area contributed by atoms with E-state index < -0.39 is 31.6 Å². The average Bonchev–Trinajstić information content (AvgIpc) is 3.12. The first-order valence-electron chi connectivity index (χ1n) is 14.4. The molecule has 0 aliphatic heterocycles. The van der Waals surface area contributed by atoms with E-state index in [0.717, 1.165) is 30.6 Å². The van der Waals surface area contributed by atoms with Crippen LogP contribution in [0.15, 0.2) is 18.2 Å². The summed E-state index contributed by atoms with van der Waals surface area (Å²) in [4.78, 5) is 39.7. The zero-order valence-corrected chi connectivity index (χ0v) is 25.5. The van der Waals surface area contributed by atoms with Crippen molar-refractivity contribution in [3.05, 3.63) is 29.3 Å². The number of ketones is 1. The van der Waals surface area contributed by atoms with Gasteiger partial charge < -0.3 is 13.9 Å². The lowest BCUT2D eigenvalue weighted by Gasteiger charge is -2.52. The van der Waals surface area contributed by atoms with Crippen molar-refractivity contribution in [3.63, 3.8) is 0 Å². The van der Waals surface area contributed by atoms with Crippen molar-refractivity contribution < 1.29 is 28.3 Å². The third-order valence-electron chi connectivity index (χ3n) is 10.2. The van der Waals surface area contributed by atoms with Gasteiger partial charge in [-0.3, -0.25) is 14.4 Å². The molecule has 0 amide bonds. The Kier molecular flexibility index (Phi) is 7.92. The molecule has 0 N–H and O–H groups in total. The van der Waals surface area contributed by atoms with Crippen LogP contribution in [0.4, 0.5) is 0 Å². The van der Waals surface area contributed by atoms with Crippen molar-refractivity contribution in [1.82, 2.24) is 0 Å². The van der Waals surface area contributed by atoms with Crippen molar-refractivity contribution >= 4 is 26.0 Å². The van der Waals surface area contributed by atoms with Gasteiger partial charge in [-0.1, -0.05) is 33.8 Å². The summed E-state index contributed by atoms with van der Waals surface area (Å²) in [5, 5.41) is 0.0677. The lowest BCUT2D eigenvalue weighted by atomic mass is 9.51. The number of benzene rings is 1. The monoisotopic (exact) mass is 542 g/mol. The highest BCUT2D eigenvalue weighted by Crippen LogP contribution is 2.62.